The fourth-order valence-corrected chi connectivity index (χ4v) is 2.29. The van der Waals surface area contributed by atoms with Crippen molar-refractivity contribution in [3.63, 3.8) is 0 Å². The van der Waals surface area contributed by atoms with Gasteiger partial charge in [-0.15, -0.1) is 0 Å². The van der Waals surface area contributed by atoms with Gasteiger partial charge in [0, 0.05) is 29.1 Å². The van der Waals surface area contributed by atoms with Crippen LogP contribution in [0.2, 0.25) is 0 Å². The maximum absolute atomic E-state index is 12.0. The van der Waals surface area contributed by atoms with Crippen molar-refractivity contribution < 1.29 is 9.21 Å². The molecular formula is C18H18N4O2S. The molecule has 0 bridgehead atoms. The first-order valence-electron chi connectivity index (χ1n) is 7.76. The predicted octanol–water partition coefficient (Wildman–Crippen LogP) is 3.75. The van der Waals surface area contributed by atoms with Crippen LogP contribution in [0.25, 0.3) is 22.6 Å². The molecule has 0 atom stereocenters. The highest BCUT2D eigenvalue weighted by Crippen LogP contribution is 2.25. The Kier molecular flexibility index (Phi) is 4.50. The second kappa shape index (κ2) is 6.60. The Morgan fingerprint density at radius 3 is 2.56 bits per heavy atom. The van der Waals surface area contributed by atoms with Gasteiger partial charge in [0.25, 0.3) is 0 Å². The molecule has 0 fully saturated rings. The number of amides is 1. The van der Waals surface area contributed by atoms with Crippen molar-refractivity contribution in [2.75, 3.05) is 5.32 Å². The van der Waals surface area contributed by atoms with Crippen LogP contribution in [0.15, 0.2) is 47.1 Å². The van der Waals surface area contributed by atoms with Crippen LogP contribution in [-0.2, 0) is 4.79 Å². The number of rotatable bonds is 2. The van der Waals surface area contributed by atoms with Crippen molar-refractivity contribution in [3.8, 4) is 11.5 Å². The quantitative estimate of drug-likeness (QED) is 0.682. The second-order valence-corrected chi connectivity index (χ2v) is 7.00. The van der Waals surface area contributed by atoms with Crippen molar-refractivity contribution in [1.82, 2.24) is 15.3 Å². The lowest BCUT2D eigenvalue weighted by atomic mass is 9.96. The third-order valence-electron chi connectivity index (χ3n) is 3.48. The van der Waals surface area contributed by atoms with Gasteiger partial charge in [-0.3, -0.25) is 9.78 Å². The number of pyridine rings is 1. The van der Waals surface area contributed by atoms with Gasteiger partial charge in [0.15, 0.2) is 10.7 Å². The van der Waals surface area contributed by atoms with E-state index in [4.69, 9.17) is 16.6 Å². The van der Waals surface area contributed by atoms with Crippen LogP contribution in [-0.4, -0.2) is 21.0 Å². The number of aromatic nitrogens is 2. The predicted molar refractivity (Wildman–Crippen MR) is 101 cm³/mol. The summed E-state index contributed by atoms with van der Waals surface area (Å²) in [5.41, 5.74) is 2.43. The van der Waals surface area contributed by atoms with Crippen LogP contribution in [0, 0.1) is 5.41 Å². The van der Waals surface area contributed by atoms with Crippen LogP contribution in [0.1, 0.15) is 20.8 Å². The highest BCUT2D eigenvalue weighted by molar-refractivity contribution is 7.80. The average molecular weight is 354 g/mol. The van der Waals surface area contributed by atoms with Crippen molar-refractivity contribution >= 4 is 40.0 Å². The van der Waals surface area contributed by atoms with E-state index < -0.39 is 5.41 Å². The first kappa shape index (κ1) is 17.0. The van der Waals surface area contributed by atoms with E-state index in [1.165, 1.54) is 0 Å². The minimum Gasteiger partial charge on any atom is -0.436 e. The molecule has 0 saturated carbocycles. The SMILES string of the molecule is CC(C)(C)C(=O)NC(=S)Nc1ccc2oc(-c3ccncc3)nc2c1. The Hall–Kier alpha value is -2.80. The van der Waals surface area contributed by atoms with E-state index in [2.05, 4.69) is 20.6 Å². The lowest BCUT2D eigenvalue weighted by molar-refractivity contribution is -0.126. The second-order valence-electron chi connectivity index (χ2n) is 6.60. The van der Waals surface area contributed by atoms with Gasteiger partial charge < -0.3 is 15.1 Å². The normalized spacial score (nSPS) is 11.3. The molecule has 6 nitrogen and oxygen atoms in total. The minimum atomic E-state index is -0.513. The molecule has 2 aromatic heterocycles. The fourth-order valence-electron chi connectivity index (χ4n) is 2.08. The number of nitrogens with zero attached hydrogens (tertiary/aromatic N) is 2. The zero-order valence-corrected chi connectivity index (χ0v) is 15.0. The number of hydrogen-bond acceptors (Lipinski definition) is 5. The molecule has 1 aromatic carbocycles. The van der Waals surface area contributed by atoms with E-state index >= 15 is 0 Å². The molecule has 1 amide bonds. The summed E-state index contributed by atoms with van der Waals surface area (Å²) in [6.45, 7) is 5.48. The topological polar surface area (TPSA) is 80.0 Å². The van der Waals surface area contributed by atoms with Gasteiger partial charge in [0.05, 0.1) is 0 Å². The fraction of sp³-hybridized carbons (Fsp3) is 0.222. The lowest BCUT2D eigenvalue weighted by Crippen LogP contribution is -2.41. The van der Waals surface area contributed by atoms with E-state index in [0.717, 1.165) is 11.3 Å². The zero-order valence-electron chi connectivity index (χ0n) is 14.2. The Morgan fingerprint density at radius 2 is 1.88 bits per heavy atom. The van der Waals surface area contributed by atoms with Gasteiger partial charge in [0.2, 0.25) is 11.8 Å². The van der Waals surface area contributed by atoms with Gasteiger partial charge in [-0.05, 0) is 42.5 Å². The Bertz CT molecular complexity index is 929. The van der Waals surface area contributed by atoms with E-state index in [1.807, 2.05) is 51.1 Å². The number of anilines is 1. The minimum absolute atomic E-state index is 0.146. The van der Waals surface area contributed by atoms with Crippen molar-refractivity contribution in [1.29, 1.82) is 0 Å². The molecule has 128 valence electrons. The summed E-state index contributed by atoms with van der Waals surface area (Å²) in [4.78, 5) is 20.4. The Labute approximate surface area is 150 Å². The summed E-state index contributed by atoms with van der Waals surface area (Å²) >= 11 is 5.19. The number of thiocarbonyl (C=S) groups is 1. The molecule has 0 radical (unpaired) electrons. The van der Waals surface area contributed by atoms with E-state index in [-0.39, 0.29) is 11.0 Å². The maximum atomic E-state index is 12.0. The average Bonchev–Trinajstić information content (AvgIpc) is 2.98. The standard InChI is InChI=1S/C18H18N4O2S/c1-18(2,3)16(23)22-17(25)20-12-4-5-14-13(10-12)21-15(24-14)11-6-8-19-9-7-11/h4-10H,1-3H3,(H2,20,22,23,25). The Balaban J connectivity index is 1.77. The Morgan fingerprint density at radius 1 is 1.16 bits per heavy atom. The van der Waals surface area contributed by atoms with E-state index in [9.17, 15) is 4.79 Å². The number of hydrogen-bond donors (Lipinski definition) is 2. The molecule has 0 spiro atoms. The summed E-state index contributed by atoms with van der Waals surface area (Å²) in [5, 5.41) is 5.92. The van der Waals surface area contributed by atoms with Crippen LogP contribution in [0.5, 0.6) is 0 Å². The summed E-state index contributed by atoms with van der Waals surface area (Å²) in [6.07, 6.45) is 3.38. The number of benzene rings is 1. The number of carbonyl (C=O) groups is 1. The van der Waals surface area contributed by atoms with Crippen LogP contribution < -0.4 is 10.6 Å². The lowest BCUT2D eigenvalue weighted by Gasteiger charge is -2.18. The third kappa shape index (κ3) is 4.00. The molecule has 0 aliphatic heterocycles. The molecule has 0 saturated heterocycles. The summed E-state index contributed by atoms with van der Waals surface area (Å²) in [7, 11) is 0. The van der Waals surface area contributed by atoms with E-state index in [1.54, 1.807) is 12.4 Å². The molecule has 3 aromatic rings. The molecule has 0 aliphatic rings. The van der Waals surface area contributed by atoms with Gasteiger partial charge >= 0.3 is 0 Å². The maximum Gasteiger partial charge on any atom is 0.231 e. The summed E-state index contributed by atoms with van der Waals surface area (Å²) in [5.74, 6) is 0.380. The smallest absolute Gasteiger partial charge is 0.231 e. The van der Waals surface area contributed by atoms with Crippen molar-refractivity contribution in [3.05, 3.63) is 42.7 Å². The van der Waals surface area contributed by atoms with Crippen LogP contribution in [0.4, 0.5) is 5.69 Å². The largest absolute Gasteiger partial charge is 0.436 e. The van der Waals surface area contributed by atoms with Crippen LogP contribution in [0.3, 0.4) is 0 Å². The number of oxazole rings is 1. The molecule has 3 rings (SSSR count). The van der Waals surface area contributed by atoms with Crippen molar-refractivity contribution in [2.24, 2.45) is 5.41 Å². The monoisotopic (exact) mass is 354 g/mol. The molecule has 25 heavy (non-hydrogen) atoms. The molecule has 7 heteroatoms. The van der Waals surface area contributed by atoms with Crippen LogP contribution >= 0.6 is 12.2 Å². The zero-order chi connectivity index (χ0) is 18.0. The van der Waals surface area contributed by atoms with Gasteiger partial charge in [-0.25, -0.2) is 4.98 Å². The summed E-state index contributed by atoms with van der Waals surface area (Å²) < 4.78 is 5.75. The molecule has 0 unspecified atom stereocenters. The van der Waals surface area contributed by atoms with Crippen molar-refractivity contribution in [2.45, 2.75) is 20.8 Å². The highest BCUT2D eigenvalue weighted by atomic mass is 32.1. The van der Waals surface area contributed by atoms with Gasteiger partial charge in [0.1, 0.15) is 5.52 Å². The van der Waals surface area contributed by atoms with Gasteiger partial charge in [-0.1, -0.05) is 20.8 Å². The first-order valence-corrected chi connectivity index (χ1v) is 8.17. The molecular weight excluding hydrogens is 336 g/mol. The molecule has 2 N–H and O–H groups in total. The third-order valence-corrected chi connectivity index (χ3v) is 3.69. The number of carbonyl (C=O) groups excluding carboxylic acids is 1. The molecule has 2 heterocycles. The number of fused-ring (bicyclic) bond motifs is 1. The summed E-state index contributed by atoms with van der Waals surface area (Å²) in [6, 6.07) is 9.12. The number of nitrogens with one attached hydrogen (secondary N) is 2. The molecule has 0 aliphatic carbocycles. The van der Waals surface area contributed by atoms with Gasteiger partial charge in [-0.2, -0.15) is 0 Å². The highest BCUT2D eigenvalue weighted by Gasteiger charge is 2.22. The first-order chi connectivity index (χ1) is 11.8. The van der Waals surface area contributed by atoms with E-state index in [0.29, 0.717) is 17.0 Å².